The van der Waals surface area contributed by atoms with E-state index < -0.39 is 18.2 Å². The van der Waals surface area contributed by atoms with E-state index in [1.54, 1.807) is 30.3 Å². The quantitative estimate of drug-likeness (QED) is 0.623. The van der Waals surface area contributed by atoms with E-state index in [1.165, 1.54) is 14.2 Å². The Balaban J connectivity index is 2.33. The van der Waals surface area contributed by atoms with Gasteiger partial charge >= 0.3 is 5.97 Å². The molecule has 0 aliphatic carbocycles. The summed E-state index contributed by atoms with van der Waals surface area (Å²) >= 11 is 0. The Morgan fingerprint density at radius 2 is 1.86 bits per heavy atom. The van der Waals surface area contributed by atoms with Crippen LogP contribution < -0.4 is 0 Å². The molecule has 1 aliphatic rings. The highest BCUT2D eigenvalue weighted by Gasteiger charge is 2.33. The predicted molar refractivity (Wildman–Crippen MR) is 72.6 cm³/mol. The second kappa shape index (κ2) is 6.43. The summed E-state index contributed by atoms with van der Waals surface area (Å²) in [5.74, 6) is -0.605. The van der Waals surface area contributed by atoms with E-state index in [2.05, 4.69) is 0 Å². The maximum Gasteiger partial charge on any atom is 0.340 e. The van der Waals surface area contributed by atoms with Gasteiger partial charge in [-0.05, 0) is 5.56 Å². The number of benzene rings is 1. The number of ether oxygens (including phenoxy) is 3. The van der Waals surface area contributed by atoms with Crippen LogP contribution in [0.5, 0.6) is 0 Å². The summed E-state index contributed by atoms with van der Waals surface area (Å²) in [5, 5.41) is 20.5. The van der Waals surface area contributed by atoms with Crippen LogP contribution in [-0.2, 0) is 19.0 Å². The minimum atomic E-state index is -1.41. The normalized spacial score (nSPS) is 19.4. The van der Waals surface area contributed by atoms with E-state index in [-0.39, 0.29) is 17.3 Å². The Kier molecular flexibility index (Phi) is 4.62. The number of hydrogen-bond acceptors (Lipinski definition) is 6. The molecule has 112 valence electrons. The molecule has 1 aliphatic heterocycles. The summed E-state index contributed by atoms with van der Waals surface area (Å²) in [5.41, 5.74) is 0.507. The highest BCUT2D eigenvalue weighted by molar-refractivity contribution is 5.87. The molecular weight excluding hydrogens is 276 g/mol. The van der Waals surface area contributed by atoms with Crippen LogP contribution in [0.25, 0.3) is 0 Å². The van der Waals surface area contributed by atoms with Gasteiger partial charge in [-0.2, -0.15) is 0 Å². The molecule has 6 heteroatoms. The van der Waals surface area contributed by atoms with Crippen molar-refractivity contribution >= 4 is 5.97 Å². The zero-order chi connectivity index (χ0) is 15.4. The van der Waals surface area contributed by atoms with Gasteiger partial charge in [0.2, 0.25) is 5.76 Å². The van der Waals surface area contributed by atoms with Crippen molar-refractivity contribution in [1.29, 1.82) is 0 Å². The minimum Gasteiger partial charge on any atom is -0.494 e. The molecule has 2 N–H and O–H groups in total. The van der Waals surface area contributed by atoms with Crippen LogP contribution in [-0.4, -0.2) is 36.5 Å². The molecule has 6 nitrogen and oxygen atoms in total. The third kappa shape index (κ3) is 3.07. The summed E-state index contributed by atoms with van der Waals surface area (Å²) < 4.78 is 15.0. The van der Waals surface area contributed by atoms with Crippen molar-refractivity contribution in [2.75, 3.05) is 14.2 Å². The maximum atomic E-state index is 11.3. The second-order valence-electron chi connectivity index (χ2n) is 4.33. The van der Waals surface area contributed by atoms with Gasteiger partial charge in [0.1, 0.15) is 12.2 Å². The molecule has 0 bridgehead atoms. The average Bonchev–Trinajstić information content (AvgIpc) is 2.89. The Labute approximate surface area is 121 Å². The van der Waals surface area contributed by atoms with Crippen LogP contribution >= 0.6 is 0 Å². The third-order valence-corrected chi connectivity index (χ3v) is 3.05. The van der Waals surface area contributed by atoms with Crippen LogP contribution in [0.15, 0.2) is 53.7 Å². The summed E-state index contributed by atoms with van der Waals surface area (Å²) in [6.07, 6.45) is -1.50. The zero-order valence-corrected chi connectivity index (χ0v) is 11.6. The van der Waals surface area contributed by atoms with E-state index in [0.717, 1.165) is 6.08 Å². The number of esters is 1. The van der Waals surface area contributed by atoms with Gasteiger partial charge in [-0.15, -0.1) is 0 Å². The molecule has 0 spiro atoms. The van der Waals surface area contributed by atoms with E-state index in [0.29, 0.717) is 5.56 Å². The fourth-order valence-corrected chi connectivity index (χ4v) is 2.00. The molecule has 0 amide bonds. The van der Waals surface area contributed by atoms with Gasteiger partial charge in [0.05, 0.1) is 20.3 Å². The lowest BCUT2D eigenvalue weighted by atomic mass is 10.0. The lowest BCUT2D eigenvalue weighted by molar-refractivity contribution is -0.132. The fraction of sp³-hybridized carbons (Fsp3) is 0.267. The van der Waals surface area contributed by atoms with Gasteiger partial charge in [0.15, 0.2) is 11.5 Å². The van der Waals surface area contributed by atoms with E-state index in [1.807, 2.05) is 0 Å². The summed E-state index contributed by atoms with van der Waals surface area (Å²) in [7, 11) is 2.67. The van der Waals surface area contributed by atoms with Gasteiger partial charge in [-0.1, -0.05) is 30.3 Å². The summed E-state index contributed by atoms with van der Waals surface area (Å²) in [4.78, 5) is 11.3. The first-order valence-electron chi connectivity index (χ1n) is 6.25. The first kappa shape index (κ1) is 15.1. The van der Waals surface area contributed by atoms with Crippen molar-refractivity contribution in [1.82, 2.24) is 0 Å². The van der Waals surface area contributed by atoms with Gasteiger partial charge in [-0.3, -0.25) is 0 Å². The van der Waals surface area contributed by atoms with E-state index >= 15 is 0 Å². The van der Waals surface area contributed by atoms with E-state index in [4.69, 9.17) is 14.2 Å². The molecule has 2 atom stereocenters. The topological polar surface area (TPSA) is 85.2 Å². The Bertz CT molecular complexity index is 575. The van der Waals surface area contributed by atoms with E-state index in [9.17, 15) is 15.0 Å². The number of aliphatic hydroxyl groups is 2. The maximum absolute atomic E-state index is 11.3. The van der Waals surface area contributed by atoms with Crippen LogP contribution in [0.3, 0.4) is 0 Å². The largest absolute Gasteiger partial charge is 0.494 e. The molecule has 1 aromatic rings. The summed E-state index contributed by atoms with van der Waals surface area (Å²) in [6.45, 7) is 0. The highest BCUT2D eigenvalue weighted by atomic mass is 16.6. The van der Waals surface area contributed by atoms with Crippen LogP contribution in [0.1, 0.15) is 11.7 Å². The number of methoxy groups -OCH3 is 2. The number of cyclic esters (lactones) is 1. The summed E-state index contributed by atoms with van der Waals surface area (Å²) in [6, 6.07) is 8.60. The molecule has 2 rings (SSSR count). The number of aliphatic hydroxyl groups excluding tert-OH is 2. The monoisotopic (exact) mass is 292 g/mol. The van der Waals surface area contributed by atoms with Crippen molar-refractivity contribution in [3.8, 4) is 0 Å². The Hall–Kier alpha value is -2.31. The van der Waals surface area contributed by atoms with Crippen LogP contribution in [0.2, 0.25) is 0 Å². The van der Waals surface area contributed by atoms with Gasteiger partial charge < -0.3 is 24.4 Å². The average molecular weight is 292 g/mol. The SMILES string of the molecule is COC1=CC(=O)OC1=C(OC)[C@H](O)[C@H](O)c1ccccc1. The molecule has 1 heterocycles. The standard InChI is InChI=1S/C15H16O6/c1-19-10-8-11(16)21-14(10)15(20-2)13(18)12(17)9-6-4-3-5-7-9/h3-8,12-13,17-18H,1-2H3/t12-,13-/m1/s1. The Morgan fingerprint density at radius 1 is 1.19 bits per heavy atom. The molecule has 1 aromatic carbocycles. The predicted octanol–water partition coefficient (Wildman–Crippen LogP) is 1.03. The first-order valence-corrected chi connectivity index (χ1v) is 6.25. The van der Waals surface area contributed by atoms with Gasteiger partial charge in [0, 0.05) is 0 Å². The second-order valence-corrected chi connectivity index (χ2v) is 4.33. The molecule has 0 unspecified atom stereocenters. The molecular formula is C15H16O6. The lowest BCUT2D eigenvalue weighted by Crippen LogP contribution is -2.24. The molecule has 0 fully saturated rings. The number of hydrogen-bond donors (Lipinski definition) is 2. The van der Waals surface area contributed by atoms with Gasteiger partial charge in [-0.25, -0.2) is 4.79 Å². The van der Waals surface area contributed by atoms with Crippen molar-refractivity contribution in [2.24, 2.45) is 0 Å². The van der Waals surface area contributed by atoms with Crippen molar-refractivity contribution < 1.29 is 29.2 Å². The highest BCUT2D eigenvalue weighted by Crippen LogP contribution is 2.30. The lowest BCUT2D eigenvalue weighted by Gasteiger charge is -2.21. The molecule has 0 saturated heterocycles. The number of carbonyl (C=O) groups is 1. The van der Waals surface area contributed by atoms with Crippen LogP contribution in [0, 0.1) is 0 Å². The third-order valence-electron chi connectivity index (χ3n) is 3.05. The fourth-order valence-electron chi connectivity index (χ4n) is 2.00. The number of rotatable bonds is 5. The van der Waals surface area contributed by atoms with Gasteiger partial charge in [0.25, 0.3) is 0 Å². The van der Waals surface area contributed by atoms with Crippen LogP contribution in [0.4, 0.5) is 0 Å². The molecule has 21 heavy (non-hydrogen) atoms. The Morgan fingerprint density at radius 3 is 2.43 bits per heavy atom. The molecule has 0 aromatic heterocycles. The molecule has 0 saturated carbocycles. The number of carbonyl (C=O) groups excluding carboxylic acids is 1. The molecule has 0 radical (unpaired) electrons. The minimum absolute atomic E-state index is 0.0347. The van der Waals surface area contributed by atoms with Crippen molar-refractivity contribution in [3.63, 3.8) is 0 Å². The van der Waals surface area contributed by atoms with Crippen molar-refractivity contribution in [2.45, 2.75) is 12.2 Å². The van der Waals surface area contributed by atoms with Crippen molar-refractivity contribution in [3.05, 3.63) is 59.2 Å². The zero-order valence-electron chi connectivity index (χ0n) is 11.6. The first-order chi connectivity index (χ1) is 10.1. The smallest absolute Gasteiger partial charge is 0.340 e.